The molecule has 4 atom stereocenters. The zero-order chi connectivity index (χ0) is 28.9. The molecule has 4 amide bonds. The van der Waals surface area contributed by atoms with Crippen molar-refractivity contribution < 1.29 is 39.0 Å². The molecule has 2 rings (SSSR count). The first kappa shape index (κ1) is 30.4. The fourth-order valence-electron chi connectivity index (χ4n) is 3.62. The van der Waals surface area contributed by atoms with Crippen LogP contribution in [0.4, 0.5) is 0 Å². The zero-order valence-corrected chi connectivity index (χ0v) is 20.9. The van der Waals surface area contributed by atoms with Crippen molar-refractivity contribution in [1.82, 2.24) is 16.0 Å². The number of nitrogens with one attached hydrogen (secondary N) is 3. The van der Waals surface area contributed by atoms with E-state index in [2.05, 4.69) is 16.0 Å². The predicted octanol–water partition coefficient (Wildman–Crippen LogP) is -1.31. The van der Waals surface area contributed by atoms with Gasteiger partial charge in [0, 0.05) is 12.8 Å². The molecule has 0 heterocycles. The summed E-state index contributed by atoms with van der Waals surface area (Å²) in [5.74, 6) is -6.41. The van der Waals surface area contributed by atoms with Crippen LogP contribution in [0.2, 0.25) is 0 Å². The quantitative estimate of drug-likeness (QED) is 0.142. The molecule has 0 aliphatic rings. The normalized spacial score (nSPS) is 13.7. The molecule has 0 bridgehead atoms. The SMILES string of the molecule is NC(=O)CC(NC(=O)C(N)CC(=O)O)C(=O)NC(Cc1ccccc1)C(=O)NC(Cc1ccccc1)C(=O)O. The molecule has 0 aromatic heterocycles. The molecular weight excluding hydrogens is 510 g/mol. The van der Waals surface area contributed by atoms with Crippen LogP contribution in [0.25, 0.3) is 0 Å². The average Bonchev–Trinajstić information content (AvgIpc) is 2.87. The first-order valence-electron chi connectivity index (χ1n) is 11.9. The van der Waals surface area contributed by atoms with Gasteiger partial charge in [0.05, 0.1) is 18.9 Å². The summed E-state index contributed by atoms with van der Waals surface area (Å²) in [5, 5.41) is 25.6. The maximum absolute atomic E-state index is 13.2. The first-order valence-corrected chi connectivity index (χ1v) is 11.9. The largest absolute Gasteiger partial charge is 0.481 e. The van der Waals surface area contributed by atoms with Crippen molar-refractivity contribution in [2.75, 3.05) is 0 Å². The lowest BCUT2D eigenvalue weighted by Crippen LogP contribution is -2.58. The first-order chi connectivity index (χ1) is 18.5. The highest BCUT2D eigenvalue weighted by atomic mass is 16.4. The van der Waals surface area contributed by atoms with Crippen LogP contribution >= 0.6 is 0 Å². The van der Waals surface area contributed by atoms with Gasteiger partial charge < -0.3 is 37.6 Å². The minimum atomic E-state index is -1.57. The molecular formula is C26H31N5O8. The highest BCUT2D eigenvalue weighted by molar-refractivity contribution is 5.96. The van der Waals surface area contributed by atoms with Gasteiger partial charge in [-0.25, -0.2) is 4.79 Å². The molecule has 0 aliphatic carbocycles. The van der Waals surface area contributed by atoms with Crippen molar-refractivity contribution in [3.05, 3.63) is 71.8 Å². The fraction of sp³-hybridized carbons (Fsp3) is 0.308. The Morgan fingerprint density at radius 3 is 1.54 bits per heavy atom. The van der Waals surface area contributed by atoms with E-state index < -0.39 is 72.6 Å². The lowest BCUT2D eigenvalue weighted by atomic mass is 10.0. The van der Waals surface area contributed by atoms with Gasteiger partial charge in [0.15, 0.2) is 0 Å². The van der Waals surface area contributed by atoms with E-state index in [-0.39, 0.29) is 12.8 Å². The Balaban J connectivity index is 2.25. The maximum Gasteiger partial charge on any atom is 0.326 e. The number of aliphatic carboxylic acids is 2. The van der Waals surface area contributed by atoms with Gasteiger partial charge in [0.1, 0.15) is 18.1 Å². The smallest absolute Gasteiger partial charge is 0.326 e. The van der Waals surface area contributed by atoms with Gasteiger partial charge in [0.25, 0.3) is 0 Å². The molecule has 13 nitrogen and oxygen atoms in total. The topological polar surface area (TPSA) is 231 Å². The van der Waals surface area contributed by atoms with Crippen LogP contribution in [-0.4, -0.2) is 69.9 Å². The Morgan fingerprint density at radius 2 is 1.08 bits per heavy atom. The van der Waals surface area contributed by atoms with Gasteiger partial charge in [-0.15, -0.1) is 0 Å². The molecule has 4 unspecified atom stereocenters. The Labute approximate surface area is 223 Å². The molecule has 0 spiro atoms. The Bertz CT molecular complexity index is 1180. The summed E-state index contributed by atoms with van der Waals surface area (Å²) in [6, 6.07) is 11.5. The van der Waals surface area contributed by atoms with Crippen LogP contribution < -0.4 is 27.4 Å². The van der Waals surface area contributed by atoms with Crippen molar-refractivity contribution in [3.8, 4) is 0 Å². The summed E-state index contributed by atoms with van der Waals surface area (Å²) in [5.41, 5.74) is 12.0. The number of primary amides is 1. The lowest BCUT2D eigenvalue weighted by Gasteiger charge is -2.25. The Kier molecular flexibility index (Phi) is 11.6. The van der Waals surface area contributed by atoms with Crippen LogP contribution in [-0.2, 0) is 41.6 Å². The number of amides is 4. The van der Waals surface area contributed by atoms with Crippen molar-refractivity contribution in [2.24, 2.45) is 11.5 Å². The molecule has 0 saturated carbocycles. The van der Waals surface area contributed by atoms with E-state index in [0.717, 1.165) is 0 Å². The van der Waals surface area contributed by atoms with E-state index in [1.165, 1.54) is 0 Å². The van der Waals surface area contributed by atoms with Crippen LogP contribution in [0.15, 0.2) is 60.7 Å². The van der Waals surface area contributed by atoms with Crippen molar-refractivity contribution in [1.29, 1.82) is 0 Å². The number of rotatable bonds is 15. The molecule has 2 aromatic rings. The van der Waals surface area contributed by atoms with Crippen LogP contribution in [0.5, 0.6) is 0 Å². The van der Waals surface area contributed by atoms with E-state index in [0.29, 0.717) is 11.1 Å². The predicted molar refractivity (Wildman–Crippen MR) is 138 cm³/mol. The molecule has 39 heavy (non-hydrogen) atoms. The van der Waals surface area contributed by atoms with Crippen molar-refractivity contribution >= 4 is 35.6 Å². The van der Waals surface area contributed by atoms with E-state index >= 15 is 0 Å². The van der Waals surface area contributed by atoms with E-state index in [4.69, 9.17) is 16.6 Å². The van der Waals surface area contributed by atoms with E-state index in [1.54, 1.807) is 60.7 Å². The highest BCUT2D eigenvalue weighted by Crippen LogP contribution is 2.08. The van der Waals surface area contributed by atoms with Gasteiger partial charge in [-0.2, -0.15) is 0 Å². The third-order valence-electron chi connectivity index (χ3n) is 5.58. The van der Waals surface area contributed by atoms with Gasteiger partial charge in [0.2, 0.25) is 23.6 Å². The summed E-state index contributed by atoms with van der Waals surface area (Å²) in [6.07, 6.45) is -1.46. The number of nitrogens with two attached hydrogens (primary N) is 2. The van der Waals surface area contributed by atoms with Crippen LogP contribution in [0, 0.1) is 0 Å². The number of hydrogen-bond donors (Lipinski definition) is 7. The summed E-state index contributed by atoms with van der Waals surface area (Å²) in [4.78, 5) is 72.9. The number of carboxylic acid groups (broad SMARTS) is 2. The molecule has 0 radical (unpaired) electrons. The van der Waals surface area contributed by atoms with Gasteiger partial charge in [-0.1, -0.05) is 60.7 Å². The molecule has 0 saturated heterocycles. The number of carbonyl (C=O) groups is 6. The summed E-state index contributed by atoms with van der Waals surface area (Å²) < 4.78 is 0. The zero-order valence-electron chi connectivity index (χ0n) is 20.9. The van der Waals surface area contributed by atoms with Crippen molar-refractivity contribution in [2.45, 2.75) is 49.9 Å². The number of carboxylic acids is 2. The maximum atomic E-state index is 13.2. The van der Waals surface area contributed by atoms with Gasteiger partial charge >= 0.3 is 11.9 Å². The number of benzene rings is 2. The minimum Gasteiger partial charge on any atom is -0.481 e. The number of carbonyl (C=O) groups excluding carboxylic acids is 4. The standard InChI is InChI=1S/C26H31N5O8/c27-17(13-22(33)34)23(35)29-19(14-21(28)32)25(37)30-18(11-15-7-3-1-4-8-15)24(36)31-20(26(38)39)12-16-9-5-2-6-10-16/h1-10,17-20H,11-14,27H2,(H2,28,32)(H,29,35)(H,30,37)(H,31,36)(H,33,34)(H,38,39). The molecule has 0 fully saturated rings. The van der Waals surface area contributed by atoms with Crippen molar-refractivity contribution in [3.63, 3.8) is 0 Å². The second kappa shape index (κ2) is 14.8. The second-order valence-electron chi connectivity index (χ2n) is 8.78. The van der Waals surface area contributed by atoms with E-state index in [9.17, 15) is 33.9 Å². The minimum absolute atomic E-state index is 0.0181. The van der Waals surface area contributed by atoms with Crippen LogP contribution in [0.3, 0.4) is 0 Å². The average molecular weight is 542 g/mol. The molecule has 9 N–H and O–H groups in total. The summed E-state index contributed by atoms with van der Waals surface area (Å²) >= 11 is 0. The monoisotopic (exact) mass is 541 g/mol. The molecule has 0 aliphatic heterocycles. The highest BCUT2D eigenvalue weighted by Gasteiger charge is 2.31. The third-order valence-corrected chi connectivity index (χ3v) is 5.58. The second-order valence-corrected chi connectivity index (χ2v) is 8.78. The van der Waals surface area contributed by atoms with E-state index in [1.807, 2.05) is 0 Å². The fourth-order valence-corrected chi connectivity index (χ4v) is 3.62. The lowest BCUT2D eigenvalue weighted by molar-refractivity contribution is -0.142. The molecule has 208 valence electrons. The Morgan fingerprint density at radius 1 is 0.641 bits per heavy atom. The molecule has 13 heteroatoms. The van der Waals surface area contributed by atoms with Gasteiger partial charge in [-0.3, -0.25) is 24.0 Å². The number of hydrogen-bond acceptors (Lipinski definition) is 7. The van der Waals surface area contributed by atoms with Crippen LogP contribution in [0.1, 0.15) is 24.0 Å². The Hall–Kier alpha value is -4.78. The third kappa shape index (κ3) is 10.6. The summed E-state index contributed by atoms with van der Waals surface area (Å²) in [6.45, 7) is 0. The summed E-state index contributed by atoms with van der Waals surface area (Å²) in [7, 11) is 0. The molecule has 2 aromatic carbocycles. The van der Waals surface area contributed by atoms with Gasteiger partial charge in [-0.05, 0) is 11.1 Å².